The second kappa shape index (κ2) is 7.84. The third-order valence-corrected chi connectivity index (χ3v) is 3.97. The van der Waals surface area contributed by atoms with Crippen molar-refractivity contribution in [3.63, 3.8) is 0 Å². The zero-order chi connectivity index (χ0) is 16.9. The van der Waals surface area contributed by atoms with Gasteiger partial charge in [-0.2, -0.15) is 13.2 Å². The smallest absolute Gasteiger partial charge is 0.310 e. The summed E-state index contributed by atoms with van der Waals surface area (Å²) >= 11 is 5.85. The third-order valence-electron chi connectivity index (χ3n) is 3.72. The summed E-state index contributed by atoms with van der Waals surface area (Å²) in [5.41, 5.74) is 1.45. The number of nitrogens with one attached hydrogen (secondary N) is 1. The molecule has 0 unspecified atom stereocenters. The fourth-order valence-corrected chi connectivity index (χ4v) is 2.37. The lowest BCUT2D eigenvalue weighted by Crippen LogP contribution is -2.26. The lowest BCUT2D eigenvalue weighted by atomic mass is 10.1. The molecular weight excluding hydrogens is 323 g/mol. The van der Waals surface area contributed by atoms with E-state index in [0.29, 0.717) is 6.54 Å². The van der Waals surface area contributed by atoms with E-state index in [9.17, 15) is 13.2 Å². The van der Waals surface area contributed by atoms with Crippen molar-refractivity contribution in [2.24, 2.45) is 0 Å². The van der Waals surface area contributed by atoms with E-state index >= 15 is 0 Å². The van der Waals surface area contributed by atoms with Gasteiger partial charge in [0.25, 0.3) is 0 Å². The Balaban J connectivity index is 1.77. The van der Waals surface area contributed by atoms with E-state index in [4.69, 9.17) is 11.6 Å². The third kappa shape index (κ3) is 5.88. The van der Waals surface area contributed by atoms with Gasteiger partial charge in [0.05, 0.1) is 5.56 Å². The average Bonchev–Trinajstić information content (AvgIpc) is 2.52. The number of rotatable bonds is 6. The minimum atomic E-state index is -4.28. The molecule has 0 saturated heterocycles. The van der Waals surface area contributed by atoms with Crippen molar-refractivity contribution < 1.29 is 13.2 Å². The summed E-state index contributed by atoms with van der Waals surface area (Å²) < 4.78 is 37.5. The number of halogens is 4. The van der Waals surface area contributed by atoms with Gasteiger partial charge in [0.15, 0.2) is 0 Å². The SMILES string of the molecule is C[C@H](CCc1ccc(Cl)cc1)NCc1ccc(C(F)(F)F)cc1. The zero-order valence-electron chi connectivity index (χ0n) is 12.8. The van der Waals surface area contributed by atoms with Crippen LogP contribution >= 0.6 is 11.6 Å². The van der Waals surface area contributed by atoms with E-state index in [1.54, 1.807) is 0 Å². The zero-order valence-corrected chi connectivity index (χ0v) is 13.6. The average molecular weight is 342 g/mol. The van der Waals surface area contributed by atoms with Crippen molar-refractivity contribution in [1.29, 1.82) is 0 Å². The van der Waals surface area contributed by atoms with E-state index in [2.05, 4.69) is 12.2 Å². The number of benzene rings is 2. The molecule has 0 bridgehead atoms. The maximum Gasteiger partial charge on any atom is 0.416 e. The number of aryl methyl sites for hydroxylation is 1. The van der Waals surface area contributed by atoms with Crippen LogP contribution in [-0.4, -0.2) is 6.04 Å². The molecule has 0 aliphatic rings. The van der Waals surface area contributed by atoms with Crippen LogP contribution < -0.4 is 5.32 Å². The van der Waals surface area contributed by atoms with Crippen LogP contribution in [-0.2, 0) is 19.1 Å². The summed E-state index contributed by atoms with van der Waals surface area (Å²) in [6, 6.07) is 13.3. The van der Waals surface area contributed by atoms with Gasteiger partial charge in [0.1, 0.15) is 0 Å². The van der Waals surface area contributed by atoms with Crippen molar-refractivity contribution in [3.8, 4) is 0 Å². The summed E-state index contributed by atoms with van der Waals surface area (Å²) in [5, 5.41) is 4.06. The van der Waals surface area contributed by atoms with Crippen molar-refractivity contribution in [2.75, 3.05) is 0 Å². The fraction of sp³-hybridized carbons (Fsp3) is 0.333. The summed E-state index contributed by atoms with van der Waals surface area (Å²) in [5.74, 6) is 0. The second-order valence-electron chi connectivity index (χ2n) is 5.64. The van der Waals surface area contributed by atoms with Crippen molar-refractivity contribution in [2.45, 2.75) is 38.5 Å². The van der Waals surface area contributed by atoms with E-state index in [-0.39, 0.29) is 6.04 Å². The maximum atomic E-state index is 12.5. The molecule has 0 heterocycles. The van der Waals surface area contributed by atoms with Crippen LogP contribution in [0.3, 0.4) is 0 Å². The van der Waals surface area contributed by atoms with Gasteiger partial charge in [-0.05, 0) is 55.2 Å². The lowest BCUT2D eigenvalue weighted by Gasteiger charge is -2.14. The van der Waals surface area contributed by atoms with Crippen LogP contribution in [0.2, 0.25) is 5.02 Å². The molecule has 0 saturated carbocycles. The quantitative estimate of drug-likeness (QED) is 0.734. The largest absolute Gasteiger partial charge is 0.416 e. The molecule has 2 aromatic rings. The Hall–Kier alpha value is -1.52. The Bertz CT molecular complexity index is 606. The number of hydrogen-bond donors (Lipinski definition) is 1. The van der Waals surface area contributed by atoms with Gasteiger partial charge in [0.2, 0.25) is 0 Å². The Kier molecular flexibility index (Phi) is 6.08. The summed E-state index contributed by atoms with van der Waals surface area (Å²) in [4.78, 5) is 0. The summed E-state index contributed by atoms with van der Waals surface area (Å²) in [7, 11) is 0. The van der Waals surface area contributed by atoms with Gasteiger partial charge >= 0.3 is 6.18 Å². The molecule has 1 atom stereocenters. The van der Waals surface area contributed by atoms with E-state index < -0.39 is 11.7 Å². The van der Waals surface area contributed by atoms with Crippen LogP contribution in [0, 0.1) is 0 Å². The van der Waals surface area contributed by atoms with Crippen molar-refractivity contribution in [1.82, 2.24) is 5.32 Å². The fourth-order valence-electron chi connectivity index (χ4n) is 2.24. The summed E-state index contributed by atoms with van der Waals surface area (Å²) in [6.07, 6.45) is -2.40. The van der Waals surface area contributed by atoms with E-state index in [1.807, 2.05) is 24.3 Å². The number of hydrogen-bond acceptors (Lipinski definition) is 1. The molecule has 0 aliphatic heterocycles. The maximum absolute atomic E-state index is 12.5. The van der Waals surface area contributed by atoms with Crippen LogP contribution in [0.5, 0.6) is 0 Å². The Morgan fingerprint density at radius 1 is 0.957 bits per heavy atom. The highest BCUT2D eigenvalue weighted by molar-refractivity contribution is 6.30. The molecule has 0 aliphatic carbocycles. The Morgan fingerprint density at radius 3 is 2.09 bits per heavy atom. The highest BCUT2D eigenvalue weighted by atomic mass is 35.5. The van der Waals surface area contributed by atoms with Crippen molar-refractivity contribution in [3.05, 3.63) is 70.2 Å². The first-order valence-corrected chi connectivity index (χ1v) is 7.86. The summed E-state index contributed by atoms with van der Waals surface area (Å²) in [6.45, 7) is 2.62. The highest BCUT2D eigenvalue weighted by Crippen LogP contribution is 2.29. The Morgan fingerprint density at radius 2 is 1.52 bits per heavy atom. The first kappa shape index (κ1) is 17.8. The van der Waals surface area contributed by atoms with Crippen LogP contribution in [0.4, 0.5) is 13.2 Å². The highest BCUT2D eigenvalue weighted by Gasteiger charge is 2.29. The predicted octanol–water partition coefficient (Wildman–Crippen LogP) is 5.47. The molecule has 5 heteroatoms. The van der Waals surface area contributed by atoms with E-state index in [1.165, 1.54) is 17.7 Å². The first-order chi connectivity index (χ1) is 10.8. The monoisotopic (exact) mass is 341 g/mol. The van der Waals surface area contributed by atoms with Crippen LogP contribution in [0.15, 0.2) is 48.5 Å². The van der Waals surface area contributed by atoms with Gasteiger partial charge in [-0.25, -0.2) is 0 Å². The van der Waals surface area contributed by atoms with Gasteiger partial charge in [-0.15, -0.1) is 0 Å². The van der Waals surface area contributed by atoms with Gasteiger partial charge < -0.3 is 5.32 Å². The minimum Gasteiger partial charge on any atom is -0.310 e. The Labute approximate surface area is 139 Å². The first-order valence-electron chi connectivity index (χ1n) is 7.48. The standard InChI is InChI=1S/C18H19ClF3N/c1-13(2-3-14-6-10-17(19)11-7-14)23-12-15-4-8-16(9-5-15)18(20,21)22/h4-11,13,23H,2-3,12H2,1H3/t13-/m1/s1. The molecule has 1 N–H and O–H groups in total. The van der Waals surface area contributed by atoms with E-state index in [0.717, 1.165) is 35.6 Å². The molecule has 0 amide bonds. The van der Waals surface area contributed by atoms with Gasteiger partial charge in [-0.3, -0.25) is 0 Å². The van der Waals surface area contributed by atoms with Gasteiger partial charge in [-0.1, -0.05) is 35.9 Å². The molecule has 124 valence electrons. The molecule has 0 aromatic heterocycles. The van der Waals surface area contributed by atoms with Crippen molar-refractivity contribution >= 4 is 11.6 Å². The van der Waals surface area contributed by atoms with Crippen LogP contribution in [0.25, 0.3) is 0 Å². The molecule has 1 nitrogen and oxygen atoms in total. The lowest BCUT2D eigenvalue weighted by molar-refractivity contribution is -0.137. The number of alkyl halides is 3. The topological polar surface area (TPSA) is 12.0 Å². The second-order valence-corrected chi connectivity index (χ2v) is 6.08. The van der Waals surface area contributed by atoms with Crippen LogP contribution in [0.1, 0.15) is 30.0 Å². The minimum absolute atomic E-state index is 0.271. The molecule has 23 heavy (non-hydrogen) atoms. The van der Waals surface area contributed by atoms with Gasteiger partial charge in [0, 0.05) is 17.6 Å². The molecule has 0 radical (unpaired) electrons. The molecular formula is C18H19ClF3N. The molecule has 2 aromatic carbocycles. The molecule has 0 spiro atoms. The normalized spacial score (nSPS) is 13.1. The molecule has 2 rings (SSSR count). The molecule has 0 fully saturated rings. The predicted molar refractivity (Wildman–Crippen MR) is 87.5 cm³/mol.